The second-order valence-electron chi connectivity index (χ2n) is 3.83. The summed E-state index contributed by atoms with van der Waals surface area (Å²) < 4.78 is 25.9. The van der Waals surface area contributed by atoms with Crippen molar-refractivity contribution in [3.8, 4) is 0 Å². The van der Waals surface area contributed by atoms with Crippen LogP contribution in [0.4, 0.5) is 8.78 Å². The lowest BCUT2D eigenvalue weighted by molar-refractivity contribution is 0.0950. The molecule has 1 N–H and O–H groups in total. The molecular formula is C13H9ClF2N2O. The molecule has 0 aliphatic carbocycles. The standard InChI is InChI=1S/C13H9ClF2N2O/c14-12-5-9(1-2-17-12)13(19)18-7-8-3-10(15)6-11(16)4-8/h1-6H,7H2,(H,18,19). The Balaban J connectivity index is 2.04. The van der Waals surface area contributed by atoms with E-state index in [4.69, 9.17) is 11.6 Å². The summed E-state index contributed by atoms with van der Waals surface area (Å²) in [6, 6.07) is 5.98. The molecule has 1 aromatic carbocycles. The number of carbonyl (C=O) groups is 1. The number of nitrogens with zero attached hydrogens (tertiary/aromatic N) is 1. The summed E-state index contributed by atoms with van der Waals surface area (Å²) >= 11 is 5.66. The first-order chi connectivity index (χ1) is 9.04. The van der Waals surface area contributed by atoms with Gasteiger partial charge < -0.3 is 5.32 Å². The van der Waals surface area contributed by atoms with Crippen LogP contribution in [0.25, 0.3) is 0 Å². The Kier molecular flexibility index (Phi) is 4.06. The van der Waals surface area contributed by atoms with Crippen LogP contribution in [0.2, 0.25) is 5.15 Å². The molecule has 19 heavy (non-hydrogen) atoms. The fourth-order valence-corrected chi connectivity index (χ4v) is 1.72. The normalized spacial score (nSPS) is 10.3. The number of pyridine rings is 1. The minimum absolute atomic E-state index is 0.0213. The molecule has 0 bridgehead atoms. The number of benzene rings is 1. The second-order valence-corrected chi connectivity index (χ2v) is 4.21. The maximum atomic E-state index is 12.9. The summed E-state index contributed by atoms with van der Waals surface area (Å²) in [7, 11) is 0. The first-order valence-corrected chi connectivity index (χ1v) is 5.77. The van der Waals surface area contributed by atoms with E-state index >= 15 is 0 Å². The summed E-state index contributed by atoms with van der Waals surface area (Å²) in [5.74, 6) is -1.76. The molecule has 0 saturated carbocycles. The molecule has 0 atom stereocenters. The lowest BCUT2D eigenvalue weighted by Gasteiger charge is -2.06. The Morgan fingerprint density at radius 2 is 1.89 bits per heavy atom. The maximum Gasteiger partial charge on any atom is 0.251 e. The van der Waals surface area contributed by atoms with Gasteiger partial charge in [0, 0.05) is 24.4 Å². The van der Waals surface area contributed by atoms with Crippen molar-refractivity contribution in [2.45, 2.75) is 6.54 Å². The number of hydrogen-bond acceptors (Lipinski definition) is 2. The predicted molar refractivity (Wildman–Crippen MR) is 66.8 cm³/mol. The van der Waals surface area contributed by atoms with E-state index in [2.05, 4.69) is 10.3 Å². The Morgan fingerprint density at radius 1 is 1.21 bits per heavy atom. The highest BCUT2D eigenvalue weighted by Crippen LogP contribution is 2.09. The molecule has 2 aromatic rings. The molecule has 0 aliphatic heterocycles. The topological polar surface area (TPSA) is 42.0 Å². The molecule has 0 aliphatic rings. The SMILES string of the molecule is O=C(NCc1cc(F)cc(F)c1)c1ccnc(Cl)c1. The summed E-state index contributed by atoms with van der Waals surface area (Å²) in [5, 5.41) is 2.74. The number of halogens is 3. The summed E-state index contributed by atoms with van der Waals surface area (Å²) in [5.41, 5.74) is 0.669. The highest BCUT2D eigenvalue weighted by molar-refractivity contribution is 6.29. The van der Waals surface area contributed by atoms with Crippen molar-refractivity contribution in [3.05, 3.63) is 64.4 Å². The Labute approximate surface area is 113 Å². The van der Waals surface area contributed by atoms with E-state index in [1.807, 2.05) is 0 Å². The van der Waals surface area contributed by atoms with E-state index in [0.29, 0.717) is 11.1 Å². The quantitative estimate of drug-likeness (QED) is 0.880. The third-order valence-corrected chi connectivity index (χ3v) is 2.57. The van der Waals surface area contributed by atoms with Gasteiger partial charge in [0.1, 0.15) is 16.8 Å². The molecule has 1 heterocycles. The van der Waals surface area contributed by atoms with Crippen LogP contribution in [-0.4, -0.2) is 10.9 Å². The minimum Gasteiger partial charge on any atom is -0.348 e. The van der Waals surface area contributed by atoms with Crippen LogP contribution < -0.4 is 5.32 Å². The third kappa shape index (κ3) is 3.72. The number of aromatic nitrogens is 1. The van der Waals surface area contributed by atoms with E-state index in [1.165, 1.54) is 18.3 Å². The molecule has 0 fully saturated rings. The zero-order valence-corrected chi connectivity index (χ0v) is 10.4. The van der Waals surface area contributed by atoms with Gasteiger partial charge in [-0.1, -0.05) is 11.6 Å². The van der Waals surface area contributed by atoms with Gasteiger partial charge in [0.05, 0.1) is 0 Å². The van der Waals surface area contributed by atoms with Gasteiger partial charge in [-0.25, -0.2) is 13.8 Å². The van der Waals surface area contributed by atoms with Gasteiger partial charge in [0.2, 0.25) is 0 Å². The van der Waals surface area contributed by atoms with Crippen molar-refractivity contribution in [3.63, 3.8) is 0 Å². The van der Waals surface area contributed by atoms with Gasteiger partial charge in [-0.3, -0.25) is 4.79 Å². The smallest absolute Gasteiger partial charge is 0.251 e. The van der Waals surface area contributed by atoms with Crippen LogP contribution in [-0.2, 0) is 6.54 Å². The fraction of sp³-hybridized carbons (Fsp3) is 0.0769. The van der Waals surface area contributed by atoms with Crippen LogP contribution in [0.5, 0.6) is 0 Å². The molecular weight excluding hydrogens is 274 g/mol. The van der Waals surface area contributed by atoms with E-state index in [-0.39, 0.29) is 11.7 Å². The highest BCUT2D eigenvalue weighted by atomic mass is 35.5. The highest BCUT2D eigenvalue weighted by Gasteiger charge is 2.07. The molecule has 0 spiro atoms. The van der Waals surface area contributed by atoms with E-state index in [0.717, 1.165) is 18.2 Å². The van der Waals surface area contributed by atoms with Crippen molar-refractivity contribution < 1.29 is 13.6 Å². The minimum atomic E-state index is -0.684. The first kappa shape index (κ1) is 13.4. The molecule has 0 radical (unpaired) electrons. The van der Waals surface area contributed by atoms with Gasteiger partial charge in [-0.2, -0.15) is 0 Å². The van der Waals surface area contributed by atoms with E-state index in [9.17, 15) is 13.6 Å². The van der Waals surface area contributed by atoms with Crippen molar-refractivity contribution in [2.24, 2.45) is 0 Å². The van der Waals surface area contributed by atoms with Crippen LogP contribution >= 0.6 is 11.6 Å². The Bertz CT molecular complexity index is 599. The summed E-state index contributed by atoms with van der Waals surface area (Å²) in [6.45, 7) is 0.0213. The molecule has 1 amide bonds. The average Bonchev–Trinajstić information content (AvgIpc) is 2.35. The van der Waals surface area contributed by atoms with Gasteiger partial charge in [-0.05, 0) is 29.8 Å². The number of amides is 1. The van der Waals surface area contributed by atoms with Crippen LogP contribution in [0, 0.1) is 11.6 Å². The average molecular weight is 283 g/mol. The molecule has 0 saturated heterocycles. The maximum absolute atomic E-state index is 12.9. The lowest BCUT2D eigenvalue weighted by Crippen LogP contribution is -2.22. The fourth-order valence-electron chi connectivity index (χ4n) is 1.54. The van der Waals surface area contributed by atoms with Crippen LogP contribution in [0.3, 0.4) is 0 Å². The number of carbonyl (C=O) groups excluding carboxylic acids is 1. The van der Waals surface area contributed by atoms with Crippen molar-refractivity contribution in [1.82, 2.24) is 10.3 Å². The summed E-state index contributed by atoms with van der Waals surface area (Å²) in [6.07, 6.45) is 1.40. The van der Waals surface area contributed by atoms with Crippen molar-refractivity contribution in [2.75, 3.05) is 0 Å². The summed E-state index contributed by atoms with van der Waals surface area (Å²) in [4.78, 5) is 15.5. The van der Waals surface area contributed by atoms with Gasteiger partial charge >= 0.3 is 0 Å². The molecule has 0 unspecified atom stereocenters. The number of nitrogens with one attached hydrogen (secondary N) is 1. The van der Waals surface area contributed by atoms with E-state index in [1.54, 1.807) is 0 Å². The van der Waals surface area contributed by atoms with Crippen LogP contribution in [0.1, 0.15) is 15.9 Å². The zero-order valence-electron chi connectivity index (χ0n) is 9.66. The lowest BCUT2D eigenvalue weighted by atomic mass is 10.2. The van der Waals surface area contributed by atoms with Crippen molar-refractivity contribution >= 4 is 17.5 Å². The Hall–Kier alpha value is -2.01. The molecule has 3 nitrogen and oxygen atoms in total. The third-order valence-electron chi connectivity index (χ3n) is 2.36. The number of hydrogen-bond donors (Lipinski definition) is 1. The zero-order chi connectivity index (χ0) is 13.8. The largest absolute Gasteiger partial charge is 0.348 e. The van der Waals surface area contributed by atoms with Gasteiger partial charge in [0.25, 0.3) is 5.91 Å². The predicted octanol–water partition coefficient (Wildman–Crippen LogP) is 2.94. The molecule has 2 rings (SSSR count). The van der Waals surface area contributed by atoms with Crippen molar-refractivity contribution in [1.29, 1.82) is 0 Å². The monoisotopic (exact) mass is 282 g/mol. The van der Waals surface area contributed by atoms with E-state index < -0.39 is 17.5 Å². The van der Waals surface area contributed by atoms with Crippen LogP contribution in [0.15, 0.2) is 36.5 Å². The first-order valence-electron chi connectivity index (χ1n) is 5.39. The molecule has 98 valence electrons. The Morgan fingerprint density at radius 3 is 2.53 bits per heavy atom. The molecule has 1 aromatic heterocycles. The van der Waals surface area contributed by atoms with Gasteiger partial charge in [-0.15, -0.1) is 0 Å². The van der Waals surface area contributed by atoms with Gasteiger partial charge in [0.15, 0.2) is 0 Å². The number of rotatable bonds is 3. The second kappa shape index (κ2) is 5.75. The molecule has 6 heteroatoms.